The van der Waals surface area contributed by atoms with Gasteiger partial charge in [-0.15, -0.1) is 0 Å². The van der Waals surface area contributed by atoms with Crippen LogP contribution in [0.2, 0.25) is 0 Å². The van der Waals surface area contributed by atoms with Gasteiger partial charge in [-0.2, -0.15) is 0 Å². The molecule has 2 atom stereocenters. The predicted octanol–water partition coefficient (Wildman–Crippen LogP) is 0.543. The molecule has 4 rings (SSSR count). The number of nitrogen functional groups attached to an aromatic ring is 1. The fourth-order valence-corrected chi connectivity index (χ4v) is 3.36. The summed E-state index contributed by atoms with van der Waals surface area (Å²) in [6.07, 6.45) is 4.59. The van der Waals surface area contributed by atoms with Crippen molar-refractivity contribution in [3.8, 4) is 0 Å². The number of hydrogen-bond donors (Lipinski definition) is 2. The van der Waals surface area contributed by atoms with Gasteiger partial charge in [-0.25, -0.2) is 19.9 Å². The maximum atomic E-state index is 12.8. The predicted molar refractivity (Wildman–Crippen MR) is 91.2 cm³/mol. The van der Waals surface area contributed by atoms with Crippen LogP contribution >= 0.6 is 0 Å². The largest absolute Gasteiger partial charge is 0.448 e. The summed E-state index contributed by atoms with van der Waals surface area (Å²) in [6.45, 7) is 4.14. The van der Waals surface area contributed by atoms with Gasteiger partial charge in [-0.1, -0.05) is 0 Å². The van der Waals surface area contributed by atoms with Crippen LogP contribution in [0.3, 0.4) is 0 Å². The zero-order valence-corrected chi connectivity index (χ0v) is 14.5. The SMILES string of the molecule is Cc1ocnc1C(=O)N1CC[C@@](C)(O)[C@H](n2cnc3c(N)ncnc32)C1. The van der Waals surface area contributed by atoms with E-state index in [1.807, 2.05) is 0 Å². The Balaban J connectivity index is 1.70. The zero-order chi connectivity index (χ0) is 18.5. The number of nitrogens with zero attached hydrogens (tertiary/aromatic N) is 6. The summed E-state index contributed by atoms with van der Waals surface area (Å²) >= 11 is 0. The van der Waals surface area contributed by atoms with Gasteiger partial charge < -0.3 is 24.7 Å². The lowest BCUT2D eigenvalue weighted by Crippen LogP contribution is -2.52. The van der Waals surface area contributed by atoms with E-state index >= 15 is 0 Å². The molecule has 1 aliphatic rings. The van der Waals surface area contributed by atoms with Gasteiger partial charge in [0.1, 0.15) is 17.6 Å². The molecule has 10 heteroatoms. The van der Waals surface area contributed by atoms with Crippen molar-refractivity contribution in [1.82, 2.24) is 29.4 Å². The quantitative estimate of drug-likeness (QED) is 0.678. The number of aryl methyl sites for hydroxylation is 1. The Bertz CT molecular complexity index is 977. The van der Waals surface area contributed by atoms with Crippen molar-refractivity contribution in [2.24, 2.45) is 0 Å². The van der Waals surface area contributed by atoms with Crippen LogP contribution in [0, 0.1) is 6.92 Å². The van der Waals surface area contributed by atoms with E-state index in [1.165, 1.54) is 12.7 Å². The summed E-state index contributed by atoms with van der Waals surface area (Å²) in [5, 5.41) is 10.9. The first kappa shape index (κ1) is 16.5. The van der Waals surface area contributed by atoms with Crippen LogP contribution in [0.15, 0.2) is 23.5 Å². The highest BCUT2D eigenvalue weighted by atomic mass is 16.3. The first-order chi connectivity index (χ1) is 12.4. The average molecular weight is 357 g/mol. The van der Waals surface area contributed by atoms with E-state index in [0.29, 0.717) is 29.9 Å². The summed E-state index contributed by atoms with van der Waals surface area (Å²) < 4.78 is 6.89. The molecule has 0 aromatic carbocycles. The van der Waals surface area contributed by atoms with Gasteiger partial charge in [0.25, 0.3) is 5.91 Å². The van der Waals surface area contributed by atoms with Gasteiger partial charge in [0.2, 0.25) is 0 Å². The molecule has 3 N–H and O–H groups in total. The van der Waals surface area contributed by atoms with Crippen LogP contribution in [-0.2, 0) is 0 Å². The van der Waals surface area contributed by atoms with Gasteiger partial charge in [0.05, 0.1) is 18.0 Å². The molecule has 0 spiro atoms. The van der Waals surface area contributed by atoms with Crippen molar-refractivity contribution in [3.05, 3.63) is 30.5 Å². The van der Waals surface area contributed by atoms with E-state index in [9.17, 15) is 9.90 Å². The van der Waals surface area contributed by atoms with Gasteiger partial charge in [0, 0.05) is 13.1 Å². The lowest BCUT2D eigenvalue weighted by molar-refractivity contribution is -0.0434. The third-order valence-electron chi connectivity index (χ3n) is 4.96. The van der Waals surface area contributed by atoms with E-state index in [1.54, 1.807) is 29.6 Å². The van der Waals surface area contributed by atoms with Crippen LogP contribution in [0.1, 0.15) is 35.6 Å². The monoisotopic (exact) mass is 357 g/mol. The maximum Gasteiger partial charge on any atom is 0.276 e. The normalized spacial score (nSPS) is 23.5. The second kappa shape index (κ2) is 5.77. The van der Waals surface area contributed by atoms with Crippen LogP contribution < -0.4 is 5.73 Å². The fraction of sp³-hybridized carbons (Fsp3) is 0.438. The first-order valence-electron chi connectivity index (χ1n) is 8.23. The average Bonchev–Trinajstić information content (AvgIpc) is 3.21. The van der Waals surface area contributed by atoms with Gasteiger partial charge >= 0.3 is 0 Å². The fourth-order valence-electron chi connectivity index (χ4n) is 3.36. The highest BCUT2D eigenvalue weighted by molar-refractivity contribution is 5.93. The van der Waals surface area contributed by atoms with Crippen molar-refractivity contribution in [2.75, 3.05) is 18.8 Å². The number of hydrogen-bond acceptors (Lipinski definition) is 8. The number of carbonyl (C=O) groups is 1. The number of anilines is 1. The van der Waals surface area contributed by atoms with Crippen molar-refractivity contribution in [1.29, 1.82) is 0 Å². The van der Waals surface area contributed by atoms with Gasteiger partial charge in [-0.3, -0.25) is 4.79 Å². The number of nitrogens with two attached hydrogens (primary N) is 1. The van der Waals surface area contributed by atoms with E-state index in [2.05, 4.69) is 19.9 Å². The Hall–Kier alpha value is -3.01. The highest BCUT2D eigenvalue weighted by Crippen LogP contribution is 2.34. The molecule has 0 radical (unpaired) electrons. The lowest BCUT2D eigenvalue weighted by atomic mass is 9.88. The second-order valence-corrected chi connectivity index (χ2v) is 6.71. The lowest BCUT2D eigenvalue weighted by Gasteiger charge is -2.43. The minimum Gasteiger partial charge on any atom is -0.448 e. The Morgan fingerprint density at radius 2 is 2.19 bits per heavy atom. The van der Waals surface area contributed by atoms with Gasteiger partial charge in [-0.05, 0) is 20.3 Å². The van der Waals surface area contributed by atoms with Crippen molar-refractivity contribution >= 4 is 22.9 Å². The molecule has 26 heavy (non-hydrogen) atoms. The Morgan fingerprint density at radius 3 is 2.92 bits per heavy atom. The summed E-state index contributed by atoms with van der Waals surface area (Å²) in [7, 11) is 0. The number of aromatic nitrogens is 5. The molecule has 0 bridgehead atoms. The topological polar surface area (TPSA) is 136 Å². The molecular formula is C16H19N7O3. The number of piperidine rings is 1. The second-order valence-electron chi connectivity index (χ2n) is 6.71. The summed E-state index contributed by atoms with van der Waals surface area (Å²) in [5.74, 6) is 0.517. The number of likely N-dealkylation sites (tertiary alicyclic amines) is 1. The van der Waals surface area contributed by atoms with E-state index in [4.69, 9.17) is 10.2 Å². The number of oxazole rings is 1. The molecule has 1 aliphatic heterocycles. The minimum absolute atomic E-state index is 0.227. The van der Waals surface area contributed by atoms with E-state index in [-0.39, 0.29) is 24.0 Å². The molecule has 136 valence electrons. The van der Waals surface area contributed by atoms with Crippen molar-refractivity contribution < 1.29 is 14.3 Å². The third kappa shape index (κ3) is 2.49. The number of aliphatic hydroxyl groups is 1. The molecular weight excluding hydrogens is 338 g/mol. The smallest absolute Gasteiger partial charge is 0.276 e. The highest BCUT2D eigenvalue weighted by Gasteiger charge is 2.41. The summed E-state index contributed by atoms with van der Waals surface area (Å²) in [6, 6.07) is -0.438. The van der Waals surface area contributed by atoms with Gasteiger partial charge in [0.15, 0.2) is 23.6 Å². The zero-order valence-electron chi connectivity index (χ0n) is 14.5. The maximum absolute atomic E-state index is 12.8. The molecule has 0 aliphatic carbocycles. The summed E-state index contributed by atoms with van der Waals surface area (Å²) in [5.41, 5.74) is 6.09. The molecule has 0 unspecified atom stereocenters. The standard InChI is InChI=1S/C16H19N7O3/c1-9-11(21-8-26-9)15(24)22-4-3-16(2,25)10(5-22)23-7-20-12-13(17)18-6-19-14(12)23/h6-8,10,25H,3-5H2,1-2H3,(H2,17,18,19)/t10-,16-/m1/s1. The number of amides is 1. The molecule has 3 aromatic heterocycles. The van der Waals surface area contributed by atoms with Crippen LogP contribution in [-0.4, -0.2) is 59.1 Å². The molecule has 3 aromatic rings. The Kier molecular flexibility index (Phi) is 3.65. The number of imidazole rings is 1. The Morgan fingerprint density at radius 1 is 1.38 bits per heavy atom. The van der Waals surface area contributed by atoms with Crippen molar-refractivity contribution in [2.45, 2.75) is 31.9 Å². The molecule has 4 heterocycles. The first-order valence-corrected chi connectivity index (χ1v) is 8.23. The number of fused-ring (bicyclic) bond motifs is 1. The number of carbonyl (C=O) groups excluding carboxylic acids is 1. The molecule has 10 nitrogen and oxygen atoms in total. The summed E-state index contributed by atoms with van der Waals surface area (Å²) in [4.78, 5) is 30.9. The number of rotatable bonds is 2. The van der Waals surface area contributed by atoms with E-state index < -0.39 is 11.6 Å². The third-order valence-corrected chi connectivity index (χ3v) is 4.96. The van der Waals surface area contributed by atoms with Crippen molar-refractivity contribution in [3.63, 3.8) is 0 Å². The molecule has 1 saturated heterocycles. The van der Waals surface area contributed by atoms with Crippen LogP contribution in [0.25, 0.3) is 11.2 Å². The molecule has 0 saturated carbocycles. The van der Waals surface area contributed by atoms with Crippen LogP contribution in [0.5, 0.6) is 0 Å². The van der Waals surface area contributed by atoms with E-state index in [0.717, 1.165) is 0 Å². The Labute approximate surface area is 148 Å². The van der Waals surface area contributed by atoms with Crippen LogP contribution in [0.4, 0.5) is 5.82 Å². The molecule has 1 fully saturated rings. The molecule has 1 amide bonds. The minimum atomic E-state index is -1.04.